The number of hydrogen-bond donors (Lipinski definition) is 4. The van der Waals surface area contributed by atoms with E-state index in [-0.39, 0.29) is 29.7 Å². The molecule has 2 fully saturated rings. The van der Waals surface area contributed by atoms with Crippen molar-refractivity contribution in [3.8, 4) is 0 Å². The lowest BCUT2D eigenvalue weighted by molar-refractivity contribution is 0.0981. The van der Waals surface area contributed by atoms with E-state index in [1.54, 1.807) is 6.07 Å². The van der Waals surface area contributed by atoms with Crippen LogP contribution in [0.15, 0.2) is 29.2 Å². The number of nitrogens with zero attached hydrogens (tertiary/aromatic N) is 1. The summed E-state index contributed by atoms with van der Waals surface area (Å²) in [5.41, 5.74) is 2.14. The number of hydrogen-bond acceptors (Lipinski definition) is 6. The molecule has 166 valence electrons. The number of alkyl carbamates (subject to hydrolysis) is 1. The van der Waals surface area contributed by atoms with Crippen LogP contribution in [0.1, 0.15) is 63.1 Å². The first-order chi connectivity index (χ1) is 14.7. The molecule has 0 unspecified atom stereocenters. The number of anilines is 2. The lowest BCUT2D eigenvalue weighted by Gasteiger charge is -2.14. The first kappa shape index (κ1) is 20.3. The Labute approximate surface area is 181 Å². The van der Waals surface area contributed by atoms with Gasteiger partial charge in [-0.2, -0.15) is 5.10 Å². The smallest absolute Gasteiger partial charge is 0.407 e. The van der Waals surface area contributed by atoms with Crippen molar-refractivity contribution in [2.45, 2.75) is 74.4 Å². The van der Waals surface area contributed by atoms with Gasteiger partial charge in [0.25, 0.3) is 0 Å². The van der Waals surface area contributed by atoms with Gasteiger partial charge in [0.1, 0.15) is 6.10 Å². The average Bonchev–Trinajstić information content (AvgIpc) is 3.01. The molecular formula is C21H27N5O4S. The van der Waals surface area contributed by atoms with Gasteiger partial charge in [-0.05, 0) is 63.6 Å². The van der Waals surface area contributed by atoms with Crippen molar-refractivity contribution < 1.29 is 17.9 Å². The van der Waals surface area contributed by atoms with Crippen LogP contribution in [0.5, 0.6) is 0 Å². The van der Waals surface area contributed by atoms with Gasteiger partial charge in [0.2, 0.25) is 10.0 Å². The third-order valence-electron chi connectivity index (χ3n) is 6.24. The summed E-state index contributed by atoms with van der Waals surface area (Å²) in [6.07, 6.45) is 3.69. The normalized spacial score (nSPS) is 24.9. The van der Waals surface area contributed by atoms with Crippen LogP contribution in [0.3, 0.4) is 0 Å². The van der Waals surface area contributed by atoms with Crippen LogP contribution >= 0.6 is 0 Å². The van der Waals surface area contributed by atoms with E-state index in [9.17, 15) is 13.2 Å². The van der Waals surface area contributed by atoms with E-state index in [4.69, 9.17) is 4.74 Å². The molecule has 2 atom stereocenters. The second-order valence-corrected chi connectivity index (χ2v) is 10.7. The van der Waals surface area contributed by atoms with Crippen LogP contribution in [0, 0.1) is 0 Å². The molecule has 2 aliphatic carbocycles. The number of nitrogens with one attached hydrogen (secondary N) is 4. The number of aromatic nitrogens is 2. The number of H-pyrrole nitrogens is 1. The zero-order valence-corrected chi connectivity index (χ0v) is 18.4. The molecule has 10 heteroatoms. The van der Waals surface area contributed by atoms with E-state index >= 15 is 0 Å². The van der Waals surface area contributed by atoms with Gasteiger partial charge in [0.05, 0.1) is 10.4 Å². The van der Waals surface area contributed by atoms with Crippen molar-refractivity contribution >= 4 is 27.6 Å². The molecule has 1 aliphatic heterocycles. The Morgan fingerprint density at radius 3 is 2.81 bits per heavy atom. The Morgan fingerprint density at radius 2 is 2.06 bits per heavy atom. The number of aromatic amines is 1. The third-order valence-corrected chi connectivity index (χ3v) is 7.82. The zero-order valence-electron chi connectivity index (χ0n) is 17.6. The fraction of sp³-hybridized carbons (Fsp3) is 0.524. The number of rotatable bonds is 5. The molecule has 4 N–H and O–H groups in total. The number of benzene rings is 1. The predicted octanol–water partition coefficient (Wildman–Crippen LogP) is 3.21. The maximum Gasteiger partial charge on any atom is 0.407 e. The van der Waals surface area contributed by atoms with Crippen molar-refractivity contribution in [3.63, 3.8) is 0 Å². The van der Waals surface area contributed by atoms with Crippen LogP contribution in [0.25, 0.3) is 0 Å². The summed E-state index contributed by atoms with van der Waals surface area (Å²) in [7, 11) is -3.46. The molecule has 1 aromatic carbocycles. The lowest BCUT2D eigenvalue weighted by atomic mass is 10.0. The highest BCUT2D eigenvalue weighted by Crippen LogP contribution is 2.53. The molecule has 3 aliphatic rings. The number of carbonyl (C=O) groups is 1. The highest BCUT2D eigenvalue weighted by atomic mass is 32.2. The molecule has 1 amide bonds. The van der Waals surface area contributed by atoms with Gasteiger partial charge in [-0.3, -0.25) is 5.10 Å². The van der Waals surface area contributed by atoms with E-state index in [2.05, 4.69) is 25.6 Å². The van der Waals surface area contributed by atoms with Gasteiger partial charge in [-0.25, -0.2) is 17.9 Å². The number of sulfonamides is 1. The van der Waals surface area contributed by atoms with Gasteiger partial charge < -0.3 is 15.4 Å². The minimum absolute atomic E-state index is 0.0470. The fourth-order valence-corrected chi connectivity index (χ4v) is 6.36. The maximum atomic E-state index is 12.5. The Bertz CT molecular complexity index is 1120. The molecule has 2 saturated carbocycles. The molecule has 2 aromatic rings. The summed E-state index contributed by atoms with van der Waals surface area (Å²) < 4.78 is 33.2. The van der Waals surface area contributed by atoms with Crippen LogP contribution in [-0.4, -0.2) is 36.9 Å². The number of ether oxygens (including phenoxy) is 1. The minimum Gasteiger partial charge on any atom is -0.446 e. The maximum absolute atomic E-state index is 12.5. The number of carbonyl (C=O) groups excluding carboxylic acids is 1. The molecule has 2 heterocycles. The largest absolute Gasteiger partial charge is 0.446 e. The number of fused-ring (bicyclic) bond motifs is 2. The lowest BCUT2D eigenvalue weighted by Crippen LogP contribution is -2.33. The fourth-order valence-electron chi connectivity index (χ4n) is 4.59. The van der Waals surface area contributed by atoms with E-state index in [1.807, 2.05) is 32.0 Å². The highest BCUT2D eigenvalue weighted by molar-refractivity contribution is 7.90. The molecule has 31 heavy (non-hydrogen) atoms. The van der Waals surface area contributed by atoms with E-state index in [1.165, 1.54) is 0 Å². The van der Waals surface area contributed by atoms with Gasteiger partial charge in [0.15, 0.2) is 5.82 Å². The summed E-state index contributed by atoms with van der Waals surface area (Å²) in [6.45, 7) is 3.80. The standard InChI is InChI=1S/C21H27N5O4S/c1-12(2)22-20(27)30-15-5-3-13(9-15)17-11-19(25-24-17)23-14-4-6-16-18(10-14)31(28,29)26-21(16)7-8-21/h4,6,10-13,15,26H,3,5,7-9H2,1-2H3,(H,22,27)(H2,23,24,25)/t13-,15+/m0/s1. The molecule has 9 nitrogen and oxygen atoms in total. The molecule has 0 saturated heterocycles. The van der Waals surface area contributed by atoms with E-state index in [0.717, 1.165) is 43.4 Å². The van der Waals surface area contributed by atoms with Crippen molar-refractivity contribution in [2.75, 3.05) is 5.32 Å². The summed E-state index contributed by atoms with van der Waals surface area (Å²) >= 11 is 0. The summed E-state index contributed by atoms with van der Waals surface area (Å²) in [5.74, 6) is 0.862. The summed E-state index contributed by atoms with van der Waals surface area (Å²) in [5, 5.41) is 13.3. The second kappa shape index (κ2) is 7.23. The number of amides is 1. The van der Waals surface area contributed by atoms with Gasteiger partial charge in [0, 0.05) is 29.4 Å². The van der Waals surface area contributed by atoms with Crippen molar-refractivity contribution in [1.82, 2.24) is 20.2 Å². The molecule has 0 bridgehead atoms. The second-order valence-electron chi connectivity index (χ2n) is 9.07. The monoisotopic (exact) mass is 445 g/mol. The molecule has 5 rings (SSSR count). The van der Waals surface area contributed by atoms with Gasteiger partial charge >= 0.3 is 6.09 Å². The first-order valence-corrected chi connectivity index (χ1v) is 12.2. The van der Waals surface area contributed by atoms with Crippen molar-refractivity contribution in [3.05, 3.63) is 35.5 Å². The average molecular weight is 446 g/mol. The molecular weight excluding hydrogens is 418 g/mol. The van der Waals surface area contributed by atoms with Crippen LogP contribution in [-0.2, 0) is 20.3 Å². The molecule has 1 spiro atoms. The highest BCUT2D eigenvalue weighted by Gasteiger charge is 2.54. The van der Waals surface area contributed by atoms with E-state index in [0.29, 0.717) is 16.4 Å². The Morgan fingerprint density at radius 1 is 1.26 bits per heavy atom. The quantitative estimate of drug-likeness (QED) is 0.560. The van der Waals surface area contributed by atoms with Gasteiger partial charge in [-0.1, -0.05) is 6.07 Å². The predicted molar refractivity (Wildman–Crippen MR) is 115 cm³/mol. The van der Waals surface area contributed by atoms with Gasteiger partial charge in [-0.15, -0.1) is 0 Å². The Kier molecular flexibility index (Phi) is 4.74. The van der Waals surface area contributed by atoms with Crippen LogP contribution < -0.4 is 15.4 Å². The summed E-state index contributed by atoms with van der Waals surface area (Å²) in [4.78, 5) is 12.2. The Balaban J connectivity index is 1.24. The van der Waals surface area contributed by atoms with Crippen LogP contribution in [0.2, 0.25) is 0 Å². The Hall–Kier alpha value is -2.59. The molecule has 0 radical (unpaired) electrons. The minimum atomic E-state index is -3.46. The third kappa shape index (κ3) is 3.89. The summed E-state index contributed by atoms with van der Waals surface area (Å²) in [6, 6.07) is 7.43. The van der Waals surface area contributed by atoms with Crippen molar-refractivity contribution in [2.24, 2.45) is 0 Å². The topological polar surface area (TPSA) is 125 Å². The first-order valence-electron chi connectivity index (χ1n) is 10.7. The van der Waals surface area contributed by atoms with Crippen molar-refractivity contribution in [1.29, 1.82) is 0 Å². The zero-order chi connectivity index (χ0) is 21.8. The van der Waals surface area contributed by atoms with E-state index < -0.39 is 10.0 Å². The van der Waals surface area contributed by atoms with Crippen LogP contribution in [0.4, 0.5) is 16.3 Å². The molecule has 1 aromatic heterocycles. The SMILES string of the molecule is CC(C)NC(=O)O[C@@H]1CC[C@H](c2cc(Nc3ccc4c(c3)S(=O)(=O)NC43CC3)n[nH]2)C1.